The molecule has 0 spiro atoms. The van der Waals surface area contributed by atoms with Gasteiger partial charge in [-0.1, -0.05) is 29.8 Å². The van der Waals surface area contributed by atoms with Gasteiger partial charge < -0.3 is 10.2 Å². The van der Waals surface area contributed by atoms with E-state index in [4.69, 9.17) is 5.26 Å². The van der Waals surface area contributed by atoms with Gasteiger partial charge in [0, 0.05) is 24.6 Å². The molecule has 1 N–H and O–H groups in total. The van der Waals surface area contributed by atoms with Gasteiger partial charge in [0.1, 0.15) is 6.07 Å². The van der Waals surface area contributed by atoms with Gasteiger partial charge in [0.15, 0.2) is 0 Å². The fraction of sp³-hybridized carbons (Fsp3) is 0.286. The van der Waals surface area contributed by atoms with Crippen LogP contribution < -0.4 is 5.32 Å². The summed E-state index contributed by atoms with van der Waals surface area (Å²) in [5, 5.41) is 12.0. The van der Waals surface area contributed by atoms with Crippen LogP contribution in [0.15, 0.2) is 48.5 Å². The lowest BCUT2D eigenvalue weighted by atomic mass is 9.95. The van der Waals surface area contributed by atoms with E-state index in [1.54, 1.807) is 29.2 Å². The molecule has 1 aliphatic rings. The van der Waals surface area contributed by atoms with Crippen molar-refractivity contribution in [2.24, 2.45) is 5.92 Å². The molecule has 3 rings (SSSR count). The summed E-state index contributed by atoms with van der Waals surface area (Å²) in [5.74, 6) is -0.224. The maximum absolute atomic E-state index is 12.6. The molecule has 2 amide bonds. The van der Waals surface area contributed by atoms with Crippen LogP contribution >= 0.6 is 0 Å². The van der Waals surface area contributed by atoms with Crippen LogP contribution in [-0.2, 0) is 4.79 Å². The van der Waals surface area contributed by atoms with Crippen LogP contribution in [0.4, 0.5) is 5.69 Å². The third kappa shape index (κ3) is 3.92. The summed E-state index contributed by atoms with van der Waals surface area (Å²) in [7, 11) is 0. The van der Waals surface area contributed by atoms with E-state index in [0.29, 0.717) is 42.7 Å². The van der Waals surface area contributed by atoms with Crippen molar-refractivity contribution in [2.75, 3.05) is 18.4 Å². The Morgan fingerprint density at radius 2 is 1.73 bits per heavy atom. The Labute approximate surface area is 153 Å². The number of para-hydroxylation sites is 1. The number of carbonyl (C=O) groups excluding carboxylic acids is 2. The summed E-state index contributed by atoms with van der Waals surface area (Å²) >= 11 is 0. The van der Waals surface area contributed by atoms with E-state index < -0.39 is 0 Å². The Morgan fingerprint density at radius 3 is 2.38 bits per heavy atom. The molecular weight excluding hydrogens is 326 g/mol. The van der Waals surface area contributed by atoms with Crippen LogP contribution in [0.5, 0.6) is 0 Å². The largest absolute Gasteiger partial charge is 0.339 e. The molecule has 1 saturated heterocycles. The Morgan fingerprint density at radius 1 is 1.08 bits per heavy atom. The Kier molecular flexibility index (Phi) is 5.33. The van der Waals surface area contributed by atoms with Crippen LogP contribution in [0.2, 0.25) is 0 Å². The van der Waals surface area contributed by atoms with Crippen LogP contribution in [0.3, 0.4) is 0 Å². The average molecular weight is 347 g/mol. The third-order valence-corrected chi connectivity index (χ3v) is 4.76. The number of hydrogen-bond acceptors (Lipinski definition) is 3. The number of likely N-dealkylation sites (tertiary alicyclic amines) is 1. The lowest BCUT2D eigenvalue weighted by Gasteiger charge is -2.31. The molecule has 26 heavy (non-hydrogen) atoms. The fourth-order valence-corrected chi connectivity index (χ4v) is 3.15. The molecule has 2 aromatic rings. The van der Waals surface area contributed by atoms with Gasteiger partial charge >= 0.3 is 0 Å². The highest BCUT2D eigenvalue weighted by atomic mass is 16.2. The average Bonchev–Trinajstić information content (AvgIpc) is 2.68. The van der Waals surface area contributed by atoms with Gasteiger partial charge in [-0.25, -0.2) is 0 Å². The number of nitrogens with zero attached hydrogens (tertiary/aromatic N) is 2. The normalized spacial score (nSPS) is 14.5. The molecular formula is C21H21N3O2. The van der Waals surface area contributed by atoms with Crippen molar-refractivity contribution in [3.05, 3.63) is 65.2 Å². The number of rotatable bonds is 3. The van der Waals surface area contributed by atoms with Gasteiger partial charge in [0.2, 0.25) is 5.91 Å². The zero-order chi connectivity index (χ0) is 18.5. The Bertz CT molecular complexity index is 844. The molecule has 1 aliphatic heterocycles. The standard InChI is InChI=1S/C21H21N3O2/c1-15-6-8-17(9-7-15)21(26)24-12-10-16(11-13-24)20(25)23-19-5-3-2-4-18(19)14-22/h2-9,16H,10-13H2,1H3,(H,23,25). The summed E-state index contributed by atoms with van der Waals surface area (Å²) in [6.07, 6.45) is 1.25. The molecule has 1 heterocycles. The summed E-state index contributed by atoms with van der Waals surface area (Å²) in [6, 6.07) is 16.6. The highest BCUT2D eigenvalue weighted by Crippen LogP contribution is 2.22. The summed E-state index contributed by atoms with van der Waals surface area (Å²) < 4.78 is 0. The van der Waals surface area contributed by atoms with Gasteiger partial charge in [-0.15, -0.1) is 0 Å². The van der Waals surface area contributed by atoms with Gasteiger partial charge in [-0.3, -0.25) is 9.59 Å². The molecule has 0 saturated carbocycles. The SMILES string of the molecule is Cc1ccc(C(=O)N2CCC(C(=O)Nc3ccccc3C#N)CC2)cc1. The number of benzene rings is 2. The van der Waals surface area contributed by atoms with Crippen LogP contribution in [0.25, 0.3) is 0 Å². The number of piperidine rings is 1. The molecule has 2 aromatic carbocycles. The lowest BCUT2D eigenvalue weighted by molar-refractivity contribution is -0.121. The Balaban J connectivity index is 1.58. The van der Waals surface area contributed by atoms with Crippen LogP contribution in [-0.4, -0.2) is 29.8 Å². The second-order valence-corrected chi connectivity index (χ2v) is 6.58. The molecule has 5 heteroatoms. The number of amides is 2. The van der Waals surface area contributed by atoms with Crippen molar-refractivity contribution in [1.82, 2.24) is 4.90 Å². The zero-order valence-corrected chi connectivity index (χ0v) is 14.7. The molecule has 0 aromatic heterocycles. The first-order chi connectivity index (χ1) is 12.6. The van der Waals surface area contributed by atoms with E-state index >= 15 is 0 Å². The van der Waals surface area contributed by atoms with E-state index in [9.17, 15) is 9.59 Å². The van der Waals surface area contributed by atoms with Crippen molar-refractivity contribution in [2.45, 2.75) is 19.8 Å². The van der Waals surface area contributed by atoms with E-state index in [-0.39, 0.29) is 17.7 Å². The number of nitriles is 1. The molecule has 0 atom stereocenters. The highest BCUT2D eigenvalue weighted by molar-refractivity contribution is 5.95. The maximum atomic E-state index is 12.6. The maximum Gasteiger partial charge on any atom is 0.253 e. The minimum atomic E-state index is -0.149. The molecule has 1 fully saturated rings. The molecule has 5 nitrogen and oxygen atoms in total. The van der Waals surface area contributed by atoms with E-state index in [0.717, 1.165) is 5.56 Å². The summed E-state index contributed by atoms with van der Waals surface area (Å²) in [5.41, 5.74) is 2.79. The van der Waals surface area contributed by atoms with Crippen molar-refractivity contribution in [1.29, 1.82) is 5.26 Å². The molecule has 0 bridgehead atoms. The summed E-state index contributed by atoms with van der Waals surface area (Å²) in [4.78, 5) is 26.9. The third-order valence-electron chi connectivity index (χ3n) is 4.76. The molecule has 0 unspecified atom stereocenters. The number of aryl methyl sites for hydroxylation is 1. The second kappa shape index (κ2) is 7.83. The van der Waals surface area contributed by atoms with Crippen LogP contribution in [0.1, 0.15) is 34.3 Å². The van der Waals surface area contributed by atoms with Gasteiger partial charge in [0.05, 0.1) is 11.3 Å². The zero-order valence-electron chi connectivity index (χ0n) is 14.7. The Hall–Kier alpha value is -3.13. The first kappa shape index (κ1) is 17.7. The first-order valence-electron chi connectivity index (χ1n) is 8.74. The van der Waals surface area contributed by atoms with E-state index in [2.05, 4.69) is 11.4 Å². The number of hydrogen-bond donors (Lipinski definition) is 1. The monoisotopic (exact) mass is 347 g/mol. The number of anilines is 1. The van der Waals surface area contributed by atoms with Crippen molar-refractivity contribution >= 4 is 17.5 Å². The highest BCUT2D eigenvalue weighted by Gasteiger charge is 2.28. The predicted octanol–water partition coefficient (Wildman–Crippen LogP) is 3.36. The lowest BCUT2D eigenvalue weighted by Crippen LogP contribution is -2.41. The van der Waals surface area contributed by atoms with Gasteiger partial charge in [-0.05, 0) is 44.0 Å². The number of carbonyl (C=O) groups is 2. The molecule has 132 valence electrons. The minimum Gasteiger partial charge on any atom is -0.339 e. The van der Waals surface area contributed by atoms with E-state index in [1.165, 1.54) is 0 Å². The molecule has 0 aliphatic carbocycles. The smallest absolute Gasteiger partial charge is 0.253 e. The van der Waals surface area contributed by atoms with Crippen LogP contribution in [0, 0.1) is 24.2 Å². The first-order valence-corrected chi connectivity index (χ1v) is 8.74. The van der Waals surface area contributed by atoms with Crippen molar-refractivity contribution < 1.29 is 9.59 Å². The van der Waals surface area contributed by atoms with E-state index in [1.807, 2.05) is 31.2 Å². The van der Waals surface area contributed by atoms with Crippen molar-refractivity contribution in [3.8, 4) is 6.07 Å². The van der Waals surface area contributed by atoms with Gasteiger partial charge in [0.25, 0.3) is 5.91 Å². The minimum absolute atomic E-state index is 0.0127. The second-order valence-electron chi connectivity index (χ2n) is 6.58. The fourth-order valence-electron chi connectivity index (χ4n) is 3.15. The predicted molar refractivity (Wildman–Crippen MR) is 99.6 cm³/mol. The molecule has 0 radical (unpaired) electrons. The van der Waals surface area contributed by atoms with Gasteiger partial charge in [-0.2, -0.15) is 5.26 Å². The topological polar surface area (TPSA) is 73.2 Å². The van der Waals surface area contributed by atoms with Crippen molar-refractivity contribution in [3.63, 3.8) is 0 Å². The quantitative estimate of drug-likeness (QED) is 0.925. The summed E-state index contributed by atoms with van der Waals surface area (Å²) in [6.45, 7) is 3.11. The number of nitrogens with one attached hydrogen (secondary N) is 1.